The van der Waals surface area contributed by atoms with Crippen molar-refractivity contribution in [3.63, 3.8) is 0 Å². The Balaban J connectivity index is 2.90. The zero-order valence-electron chi connectivity index (χ0n) is 11.7. The molecular formula is C15H23ClO2S. The van der Waals surface area contributed by atoms with Gasteiger partial charge in [-0.3, -0.25) is 0 Å². The van der Waals surface area contributed by atoms with E-state index in [1.165, 1.54) is 0 Å². The van der Waals surface area contributed by atoms with Crippen molar-refractivity contribution in [3.05, 3.63) is 35.9 Å². The van der Waals surface area contributed by atoms with E-state index in [0.29, 0.717) is 18.7 Å². The molecule has 0 saturated heterocycles. The smallest absolute Gasteiger partial charge is 0.150 e. The highest BCUT2D eigenvalue weighted by Gasteiger charge is 2.30. The standard InChI is InChI=1S/C15H23ClO2S/c1-3-11-19(17,18)12-10-15(4-2,13-16)14-8-6-5-7-9-14/h5-9H,3-4,10-13H2,1-2H3. The summed E-state index contributed by atoms with van der Waals surface area (Å²) in [6.07, 6.45) is 2.12. The fourth-order valence-electron chi connectivity index (χ4n) is 2.32. The molecule has 1 rings (SSSR count). The van der Waals surface area contributed by atoms with Gasteiger partial charge in [-0.05, 0) is 24.8 Å². The van der Waals surface area contributed by atoms with Crippen LogP contribution in [0.4, 0.5) is 0 Å². The predicted molar refractivity (Wildman–Crippen MR) is 82.7 cm³/mol. The first-order chi connectivity index (χ1) is 8.99. The van der Waals surface area contributed by atoms with Crippen molar-refractivity contribution < 1.29 is 8.42 Å². The van der Waals surface area contributed by atoms with Gasteiger partial charge < -0.3 is 0 Å². The van der Waals surface area contributed by atoms with E-state index in [-0.39, 0.29) is 16.9 Å². The molecule has 2 nitrogen and oxygen atoms in total. The molecular weight excluding hydrogens is 280 g/mol. The van der Waals surface area contributed by atoms with Crippen molar-refractivity contribution >= 4 is 21.4 Å². The van der Waals surface area contributed by atoms with Crippen molar-refractivity contribution in [2.45, 2.75) is 38.5 Å². The van der Waals surface area contributed by atoms with Gasteiger partial charge in [0.2, 0.25) is 0 Å². The number of benzene rings is 1. The highest BCUT2D eigenvalue weighted by molar-refractivity contribution is 7.91. The van der Waals surface area contributed by atoms with Gasteiger partial charge in [-0.1, -0.05) is 44.2 Å². The monoisotopic (exact) mass is 302 g/mol. The lowest BCUT2D eigenvalue weighted by Crippen LogP contribution is -2.31. The Bertz CT molecular complexity index is 464. The molecule has 0 fully saturated rings. The molecule has 0 aliphatic carbocycles. The number of sulfone groups is 1. The Morgan fingerprint density at radius 1 is 1.11 bits per heavy atom. The summed E-state index contributed by atoms with van der Waals surface area (Å²) in [5.74, 6) is 0.940. The van der Waals surface area contributed by atoms with Crippen LogP contribution < -0.4 is 0 Å². The third-order valence-electron chi connectivity index (χ3n) is 3.73. The van der Waals surface area contributed by atoms with Gasteiger partial charge in [0, 0.05) is 17.0 Å². The molecule has 1 unspecified atom stereocenters. The fourth-order valence-corrected chi connectivity index (χ4v) is 4.32. The average molecular weight is 303 g/mol. The lowest BCUT2D eigenvalue weighted by Gasteiger charge is -2.31. The number of rotatable bonds is 8. The van der Waals surface area contributed by atoms with Gasteiger partial charge in [0.15, 0.2) is 0 Å². The summed E-state index contributed by atoms with van der Waals surface area (Å²) in [5, 5.41) is 0. The molecule has 0 aliphatic rings. The highest BCUT2D eigenvalue weighted by atomic mass is 35.5. The minimum atomic E-state index is -2.95. The molecule has 0 N–H and O–H groups in total. The van der Waals surface area contributed by atoms with Crippen LogP contribution >= 0.6 is 11.6 Å². The number of halogens is 1. The molecule has 0 saturated carbocycles. The summed E-state index contributed by atoms with van der Waals surface area (Å²) in [6.45, 7) is 3.96. The van der Waals surface area contributed by atoms with Crippen LogP contribution in [-0.4, -0.2) is 25.8 Å². The van der Waals surface area contributed by atoms with Crippen molar-refractivity contribution in [2.24, 2.45) is 0 Å². The minimum Gasteiger partial charge on any atom is -0.229 e. The van der Waals surface area contributed by atoms with Crippen LogP contribution in [0.15, 0.2) is 30.3 Å². The Hall–Kier alpha value is -0.540. The molecule has 0 amide bonds. The van der Waals surface area contributed by atoms with Crippen molar-refractivity contribution in [2.75, 3.05) is 17.4 Å². The Morgan fingerprint density at radius 2 is 1.74 bits per heavy atom. The van der Waals surface area contributed by atoms with E-state index in [1.807, 2.05) is 37.3 Å². The van der Waals surface area contributed by atoms with E-state index < -0.39 is 9.84 Å². The highest BCUT2D eigenvalue weighted by Crippen LogP contribution is 2.33. The molecule has 0 bridgehead atoms. The number of hydrogen-bond donors (Lipinski definition) is 0. The topological polar surface area (TPSA) is 34.1 Å². The van der Waals surface area contributed by atoms with Crippen molar-refractivity contribution in [1.29, 1.82) is 0 Å². The molecule has 0 spiro atoms. The van der Waals surface area contributed by atoms with Gasteiger partial charge in [-0.15, -0.1) is 11.6 Å². The Kier molecular flexibility index (Phi) is 6.34. The Labute approximate surface area is 122 Å². The van der Waals surface area contributed by atoms with Crippen LogP contribution in [-0.2, 0) is 15.3 Å². The van der Waals surface area contributed by atoms with E-state index in [9.17, 15) is 8.42 Å². The normalized spacial score (nSPS) is 15.1. The molecule has 1 aromatic carbocycles. The summed E-state index contributed by atoms with van der Waals surface area (Å²) in [5.41, 5.74) is 0.906. The van der Waals surface area contributed by atoms with E-state index in [1.54, 1.807) is 0 Å². The zero-order chi connectivity index (χ0) is 14.4. The average Bonchev–Trinajstić information content (AvgIpc) is 2.41. The summed E-state index contributed by atoms with van der Waals surface area (Å²) in [7, 11) is -2.95. The van der Waals surface area contributed by atoms with Crippen LogP contribution in [0, 0.1) is 0 Å². The molecule has 0 aromatic heterocycles. The van der Waals surface area contributed by atoms with E-state index >= 15 is 0 Å². The van der Waals surface area contributed by atoms with Crippen molar-refractivity contribution in [1.82, 2.24) is 0 Å². The molecule has 0 heterocycles. The summed E-state index contributed by atoms with van der Waals surface area (Å²) >= 11 is 6.17. The minimum absolute atomic E-state index is 0.219. The fraction of sp³-hybridized carbons (Fsp3) is 0.600. The second-order valence-electron chi connectivity index (χ2n) is 5.04. The summed E-state index contributed by atoms with van der Waals surface area (Å²) < 4.78 is 23.8. The van der Waals surface area contributed by atoms with Gasteiger partial charge in [0.05, 0.1) is 5.75 Å². The third kappa shape index (κ3) is 4.50. The largest absolute Gasteiger partial charge is 0.229 e. The van der Waals surface area contributed by atoms with Crippen LogP contribution in [0.3, 0.4) is 0 Å². The molecule has 108 valence electrons. The van der Waals surface area contributed by atoms with Gasteiger partial charge in [-0.2, -0.15) is 0 Å². The first-order valence-corrected chi connectivity index (χ1v) is 9.17. The SMILES string of the molecule is CCCS(=O)(=O)CCC(CC)(CCl)c1ccccc1. The van der Waals surface area contributed by atoms with Crippen LogP contribution in [0.5, 0.6) is 0 Å². The molecule has 0 radical (unpaired) electrons. The van der Waals surface area contributed by atoms with Gasteiger partial charge in [0.25, 0.3) is 0 Å². The number of hydrogen-bond acceptors (Lipinski definition) is 2. The third-order valence-corrected chi connectivity index (χ3v) is 6.09. The van der Waals surface area contributed by atoms with Crippen molar-refractivity contribution in [3.8, 4) is 0 Å². The second kappa shape index (κ2) is 7.30. The molecule has 19 heavy (non-hydrogen) atoms. The first-order valence-electron chi connectivity index (χ1n) is 6.81. The van der Waals surface area contributed by atoms with Gasteiger partial charge in [-0.25, -0.2) is 8.42 Å². The number of alkyl halides is 1. The van der Waals surface area contributed by atoms with Crippen LogP contribution in [0.1, 0.15) is 38.7 Å². The molecule has 0 aliphatic heterocycles. The van der Waals surface area contributed by atoms with Crippen LogP contribution in [0.25, 0.3) is 0 Å². The van der Waals surface area contributed by atoms with E-state index in [2.05, 4.69) is 6.92 Å². The maximum absolute atomic E-state index is 11.9. The summed E-state index contributed by atoms with van der Waals surface area (Å²) in [6, 6.07) is 10.0. The second-order valence-corrected chi connectivity index (χ2v) is 7.61. The zero-order valence-corrected chi connectivity index (χ0v) is 13.3. The maximum atomic E-state index is 11.9. The lowest BCUT2D eigenvalue weighted by atomic mass is 9.77. The summed E-state index contributed by atoms with van der Waals surface area (Å²) in [4.78, 5) is 0. The maximum Gasteiger partial charge on any atom is 0.150 e. The first kappa shape index (κ1) is 16.5. The van der Waals surface area contributed by atoms with Crippen LogP contribution in [0.2, 0.25) is 0 Å². The predicted octanol–water partition coefficient (Wildman–Crippen LogP) is 3.79. The quantitative estimate of drug-likeness (QED) is 0.685. The molecule has 1 aromatic rings. The van der Waals surface area contributed by atoms with E-state index in [0.717, 1.165) is 12.0 Å². The Morgan fingerprint density at radius 3 is 2.21 bits per heavy atom. The van der Waals surface area contributed by atoms with E-state index in [4.69, 9.17) is 11.6 Å². The van der Waals surface area contributed by atoms with Gasteiger partial charge >= 0.3 is 0 Å². The van der Waals surface area contributed by atoms with Gasteiger partial charge in [0.1, 0.15) is 9.84 Å². The molecule has 4 heteroatoms. The lowest BCUT2D eigenvalue weighted by molar-refractivity contribution is 0.443. The molecule has 1 atom stereocenters.